The molecule has 0 saturated carbocycles. The summed E-state index contributed by atoms with van der Waals surface area (Å²) in [5.74, 6) is 0.539. The van der Waals surface area contributed by atoms with Crippen LogP contribution in [-0.4, -0.2) is 16.2 Å². The van der Waals surface area contributed by atoms with Gasteiger partial charge in [0.05, 0.1) is 11.8 Å². The van der Waals surface area contributed by atoms with Crippen molar-refractivity contribution in [3.05, 3.63) is 30.5 Å². The molecule has 0 radical (unpaired) electrons. The van der Waals surface area contributed by atoms with Crippen LogP contribution in [0.5, 0.6) is 5.88 Å². The summed E-state index contributed by atoms with van der Waals surface area (Å²) in [5.41, 5.74) is 0.789. The Kier molecular flexibility index (Phi) is 1.37. The molecule has 1 aliphatic heterocycles. The second-order valence-corrected chi connectivity index (χ2v) is 1.96. The first kappa shape index (κ1) is 6.03. The number of aliphatic imine (C=N–C) groups is 1. The molecule has 0 aromatic carbocycles. The molecule has 0 atom stereocenters. The fourth-order valence-electron chi connectivity index (χ4n) is 0.770. The molecule has 0 saturated heterocycles. The zero-order chi connectivity index (χ0) is 7.52. The van der Waals surface area contributed by atoms with Crippen LogP contribution in [0.25, 0.3) is 0 Å². The van der Waals surface area contributed by atoms with Crippen molar-refractivity contribution in [2.24, 2.45) is 4.99 Å². The lowest BCUT2D eigenvalue weighted by Gasteiger charge is -1.97. The fourth-order valence-corrected chi connectivity index (χ4v) is 0.770. The highest BCUT2D eigenvalue weighted by Crippen LogP contribution is 2.12. The van der Waals surface area contributed by atoms with Gasteiger partial charge in [0.25, 0.3) is 0 Å². The first-order valence-corrected chi connectivity index (χ1v) is 3.12. The SMILES string of the molecule is C1=COc2ncncc2C=N1. The van der Waals surface area contributed by atoms with Crippen molar-refractivity contribution in [1.82, 2.24) is 9.97 Å². The van der Waals surface area contributed by atoms with Gasteiger partial charge in [0, 0.05) is 12.4 Å². The van der Waals surface area contributed by atoms with Gasteiger partial charge in [-0.05, 0) is 0 Å². The maximum absolute atomic E-state index is 5.09. The molecular weight excluding hydrogens is 142 g/mol. The molecule has 11 heavy (non-hydrogen) atoms. The summed E-state index contributed by atoms with van der Waals surface area (Å²) >= 11 is 0. The first-order chi connectivity index (χ1) is 5.47. The summed E-state index contributed by atoms with van der Waals surface area (Å²) in [4.78, 5) is 11.6. The minimum atomic E-state index is 0.539. The molecule has 0 bridgehead atoms. The van der Waals surface area contributed by atoms with E-state index >= 15 is 0 Å². The van der Waals surface area contributed by atoms with Crippen molar-refractivity contribution in [3.8, 4) is 5.88 Å². The normalized spacial score (nSPS) is 13.5. The van der Waals surface area contributed by atoms with E-state index in [4.69, 9.17) is 4.74 Å². The minimum absolute atomic E-state index is 0.539. The van der Waals surface area contributed by atoms with Crippen molar-refractivity contribution in [1.29, 1.82) is 0 Å². The summed E-state index contributed by atoms with van der Waals surface area (Å²) in [7, 11) is 0. The molecule has 0 unspecified atom stereocenters. The molecule has 4 nitrogen and oxygen atoms in total. The molecule has 0 amide bonds. The molecule has 4 heteroatoms. The lowest BCUT2D eigenvalue weighted by atomic mass is 10.3. The summed E-state index contributed by atoms with van der Waals surface area (Å²) in [6.45, 7) is 0. The van der Waals surface area contributed by atoms with E-state index < -0.39 is 0 Å². The van der Waals surface area contributed by atoms with Gasteiger partial charge >= 0.3 is 0 Å². The summed E-state index contributed by atoms with van der Waals surface area (Å²) < 4.78 is 5.09. The van der Waals surface area contributed by atoms with Gasteiger partial charge in [-0.25, -0.2) is 9.97 Å². The van der Waals surface area contributed by atoms with Gasteiger partial charge in [-0.3, -0.25) is 4.99 Å². The predicted octanol–water partition coefficient (Wildman–Crippen LogP) is 0.759. The summed E-state index contributed by atoms with van der Waals surface area (Å²) in [5, 5.41) is 0. The van der Waals surface area contributed by atoms with Crippen LogP contribution < -0.4 is 4.74 Å². The third-order valence-corrected chi connectivity index (χ3v) is 1.24. The van der Waals surface area contributed by atoms with Crippen molar-refractivity contribution in [2.45, 2.75) is 0 Å². The molecule has 54 valence electrons. The highest BCUT2D eigenvalue weighted by atomic mass is 16.5. The van der Waals surface area contributed by atoms with E-state index in [1.54, 1.807) is 18.6 Å². The Labute approximate surface area is 63.3 Å². The topological polar surface area (TPSA) is 47.4 Å². The van der Waals surface area contributed by atoms with E-state index in [0.29, 0.717) is 5.88 Å². The summed E-state index contributed by atoms with van der Waals surface area (Å²) in [6.07, 6.45) is 7.78. The van der Waals surface area contributed by atoms with E-state index in [1.807, 2.05) is 0 Å². The van der Waals surface area contributed by atoms with Crippen LogP contribution in [0.1, 0.15) is 5.56 Å². The Morgan fingerprint density at radius 2 is 2.36 bits per heavy atom. The van der Waals surface area contributed by atoms with Crippen LogP contribution in [0.15, 0.2) is 30.0 Å². The van der Waals surface area contributed by atoms with Crippen molar-refractivity contribution < 1.29 is 4.74 Å². The zero-order valence-corrected chi connectivity index (χ0v) is 5.64. The highest BCUT2D eigenvalue weighted by molar-refractivity contribution is 5.82. The Morgan fingerprint density at radius 3 is 3.36 bits per heavy atom. The van der Waals surface area contributed by atoms with Crippen molar-refractivity contribution in [2.75, 3.05) is 0 Å². The van der Waals surface area contributed by atoms with Crippen molar-refractivity contribution in [3.63, 3.8) is 0 Å². The number of nitrogens with zero attached hydrogens (tertiary/aromatic N) is 3. The molecule has 1 aliphatic rings. The molecule has 1 aromatic heterocycles. The number of fused-ring (bicyclic) bond motifs is 1. The van der Waals surface area contributed by atoms with E-state index in [2.05, 4.69) is 15.0 Å². The molecule has 0 N–H and O–H groups in total. The lowest BCUT2D eigenvalue weighted by Crippen LogP contribution is -1.91. The van der Waals surface area contributed by atoms with Gasteiger partial charge in [-0.15, -0.1) is 0 Å². The second-order valence-electron chi connectivity index (χ2n) is 1.96. The predicted molar refractivity (Wildman–Crippen MR) is 39.4 cm³/mol. The van der Waals surface area contributed by atoms with Crippen LogP contribution in [-0.2, 0) is 0 Å². The molecule has 0 spiro atoms. The number of hydrogen-bond donors (Lipinski definition) is 0. The smallest absolute Gasteiger partial charge is 0.230 e. The number of rotatable bonds is 0. The average Bonchev–Trinajstić information content (AvgIpc) is 2.28. The van der Waals surface area contributed by atoms with Gasteiger partial charge in [0.2, 0.25) is 5.88 Å². The standard InChI is InChI=1S/C7H5N3O/c1-2-11-7-6(3-8-1)4-9-5-10-7/h1-5H. The quantitative estimate of drug-likeness (QED) is 0.544. The maximum atomic E-state index is 5.09. The lowest BCUT2D eigenvalue weighted by molar-refractivity contribution is 0.459. The average molecular weight is 147 g/mol. The third-order valence-electron chi connectivity index (χ3n) is 1.24. The van der Waals surface area contributed by atoms with E-state index in [9.17, 15) is 0 Å². The molecular formula is C7H5N3O. The zero-order valence-electron chi connectivity index (χ0n) is 5.64. The van der Waals surface area contributed by atoms with Gasteiger partial charge in [0.1, 0.15) is 12.6 Å². The summed E-state index contributed by atoms with van der Waals surface area (Å²) in [6, 6.07) is 0. The van der Waals surface area contributed by atoms with Gasteiger partial charge in [-0.1, -0.05) is 0 Å². The van der Waals surface area contributed by atoms with Crippen molar-refractivity contribution >= 4 is 6.21 Å². The fraction of sp³-hybridized carbons (Fsp3) is 0. The number of ether oxygens (including phenoxy) is 1. The molecule has 0 fully saturated rings. The van der Waals surface area contributed by atoms with Crippen LogP contribution in [0.3, 0.4) is 0 Å². The van der Waals surface area contributed by atoms with Gasteiger partial charge in [0.15, 0.2) is 0 Å². The number of aromatic nitrogens is 2. The highest BCUT2D eigenvalue weighted by Gasteiger charge is 2.01. The van der Waals surface area contributed by atoms with Gasteiger partial charge < -0.3 is 4.74 Å². The molecule has 2 rings (SSSR count). The molecule has 0 aliphatic carbocycles. The molecule has 1 aromatic rings. The van der Waals surface area contributed by atoms with E-state index in [-0.39, 0.29) is 0 Å². The maximum Gasteiger partial charge on any atom is 0.230 e. The Hall–Kier alpha value is -1.71. The van der Waals surface area contributed by atoms with E-state index in [0.717, 1.165) is 5.56 Å². The monoisotopic (exact) mass is 147 g/mol. The van der Waals surface area contributed by atoms with Crippen LogP contribution in [0, 0.1) is 0 Å². The Bertz CT molecular complexity index is 319. The van der Waals surface area contributed by atoms with Crippen LogP contribution in [0.2, 0.25) is 0 Å². The third kappa shape index (κ3) is 1.10. The first-order valence-electron chi connectivity index (χ1n) is 3.12. The molecule has 2 heterocycles. The second kappa shape index (κ2) is 2.49. The Morgan fingerprint density at radius 1 is 1.36 bits per heavy atom. The van der Waals surface area contributed by atoms with Crippen LogP contribution in [0.4, 0.5) is 0 Å². The largest absolute Gasteiger partial charge is 0.444 e. The van der Waals surface area contributed by atoms with Gasteiger partial charge in [-0.2, -0.15) is 0 Å². The van der Waals surface area contributed by atoms with Crippen LogP contribution >= 0.6 is 0 Å². The Balaban J connectivity index is 2.52. The van der Waals surface area contributed by atoms with E-state index in [1.165, 1.54) is 12.6 Å². The number of hydrogen-bond acceptors (Lipinski definition) is 4. The minimum Gasteiger partial charge on any atom is -0.444 e.